The van der Waals surface area contributed by atoms with Gasteiger partial charge >= 0.3 is 0 Å². The molecule has 2 nitrogen and oxygen atoms in total. The molecule has 0 spiro atoms. The molecule has 1 heterocycles. The van der Waals surface area contributed by atoms with Crippen LogP contribution in [0.15, 0.2) is 6.20 Å². The number of nitrogens with one attached hydrogen (secondary N) is 1. The fraction of sp³-hybridized carbons (Fsp3) is 0.812. The second-order valence-corrected chi connectivity index (χ2v) is 8.33. The Labute approximate surface area is 122 Å². The number of hydrogen-bond acceptors (Lipinski definition) is 3. The molecule has 3 unspecified atom stereocenters. The van der Waals surface area contributed by atoms with Crippen LogP contribution in [0.3, 0.4) is 0 Å². The van der Waals surface area contributed by atoms with Gasteiger partial charge in [0.25, 0.3) is 0 Å². The number of thiazole rings is 1. The first-order chi connectivity index (χ1) is 8.88. The fourth-order valence-corrected chi connectivity index (χ4v) is 4.12. The van der Waals surface area contributed by atoms with Gasteiger partial charge in [-0.25, -0.2) is 4.98 Å². The van der Waals surface area contributed by atoms with Crippen LogP contribution in [0.2, 0.25) is 0 Å². The van der Waals surface area contributed by atoms with Crippen molar-refractivity contribution in [3.63, 3.8) is 0 Å². The lowest BCUT2D eigenvalue weighted by atomic mass is 9.69. The van der Waals surface area contributed by atoms with E-state index in [1.807, 2.05) is 17.5 Å². The quantitative estimate of drug-likeness (QED) is 0.867. The molecule has 1 saturated carbocycles. The normalized spacial score (nSPS) is 26.4. The Balaban J connectivity index is 2.03. The fourth-order valence-electron chi connectivity index (χ4n) is 3.33. The molecule has 108 valence electrons. The van der Waals surface area contributed by atoms with Crippen molar-refractivity contribution in [2.45, 2.75) is 72.4 Å². The Morgan fingerprint density at radius 3 is 2.58 bits per heavy atom. The van der Waals surface area contributed by atoms with Crippen molar-refractivity contribution in [1.82, 2.24) is 10.3 Å². The largest absolute Gasteiger partial charge is 0.305 e. The molecule has 19 heavy (non-hydrogen) atoms. The van der Waals surface area contributed by atoms with Crippen LogP contribution >= 0.6 is 11.3 Å². The predicted octanol–water partition coefficient (Wildman–Crippen LogP) is 4.71. The zero-order valence-corrected chi connectivity index (χ0v) is 13.8. The summed E-state index contributed by atoms with van der Waals surface area (Å²) < 4.78 is 0. The molecule has 1 aromatic heterocycles. The van der Waals surface area contributed by atoms with E-state index < -0.39 is 0 Å². The highest BCUT2D eigenvalue weighted by molar-refractivity contribution is 7.11. The maximum absolute atomic E-state index is 4.52. The van der Waals surface area contributed by atoms with Gasteiger partial charge < -0.3 is 5.32 Å². The summed E-state index contributed by atoms with van der Waals surface area (Å²) in [5.41, 5.74) is 0.399. The van der Waals surface area contributed by atoms with Crippen LogP contribution in [-0.4, -0.2) is 11.0 Å². The summed E-state index contributed by atoms with van der Waals surface area (Å²) in [6.07, 6.45) is 7.43. The van der Waals surface area contributed by atoms with Gasteiger partial charge in [-0.2, -0.15) is 0 Å². The minimum atomic E-state index is 0.381. The van der Waals surface area contributed by atoms with Crippen LogP contribution in [0.1, 0.15) is 69.3 Å². The first-order valence-electron chi connectivity index (χ1n) is 7.56. The van der Waals surface area contributed by atoms with Gasteiger partial charge in [0.05, 0.1) is 6.04 Å². The van der Waals surface area contributed by atoms with Crippen LogP contribution in [0.4, 0.5) is 0 Å². The van der Waals surface area contributed by atoms with Gasteiger partial charge in [0.15, 0.2) is 0 Å². The Bertz CT molecular complexity index is 405. The number of nitrogens with zero attached hydrogens (tertiary/aromatic N) is 1. The Morgan fingerprint density at radius 2 is 2.00 bits per heavy atom. The molecule has 3 heteroatoms. The molecule has 0 aliphatic heterocycles. The van der Waals surface area contributed by atoms with Gasteiger partial charge in [-0.1, -0.05) is 33.6 Å². The van der Waals surface area contributed by atoms with Crippen molar-refractivity contribution < 1.29 is 0 Å². The summed E-state index contributed by atoms with van der Waals surface area (Å²) in [6, 6.07) is 1.03. The van der Waals surface area contributed by atoms with Gasteiger partial charge in [0.2, 0.25) is 0 Å². The van der Waals surface area contributed by atoms with Gasteiger partial charge in [-0.3, -0.25) is 0 Å². The monoisotopic (exact) mass is 280 g/mol. The first-order valence-corrected chi connectivity index (χ1v) is 8.38. The van der Waals surface area contributed by atoms with E-state index in [-0.39, 0.29) is 0 Å². The highest BCUT2D eigenvalue weighted by atomic mass is 32.1. The molecule has 1 fully saturated rings. The highest BCUT2D eigenvalue weighted by Crippen LogP contribution is 2.39. The average molecular weight is 280 g/mol. The Morgan fingerprint density at radius 1 is 1.32 bits per heavy atom. The van der Waals surface area contributed by atoms with E-state index in [0.717, 1.165) is 5.92 Å². The topological polar surface area (TPSA) is 24.9 Å². The minimum Gasteiger partial charge on any atom is -0.305 e. The molecule has 0 saturated heterocycles. The number of hydrogen-bond donors (Lipinski definition) is 1. The van der Waals surface area contributed by atoms with Gasteiger partial charge in [0, 0.05) is 17.1 Å². The molecule has 1 aliphatic carbocycles. The van der Waals surface area contributed by atoms with E-state index in [1.165, 1.54) is 35.6 Å². The lowest BCUT2D eigenvalue weighted by Gasteiger charge is -2.42. The van der Waals surface area contributed by atoms with Gasteiger partial charge in [0.1, 0.15) is 5.01 Å². The molecule has 0 radical (unpaired) electrons. The van der Waals surface area contributed by atoms with Crippen molar-refractivity contribution in [1.29, 1.82) is 0 Å². The minimum absolute atomic E-state index is 0.381. The number of aryl methyl sites for hydroxylation is 1. The molecule has 1 N–H and O–H groups in total. The zero-order chi connectivity index (χ0) is 14.0. The summed E-state index contributed by atoms with van der Waals surface area (Å²) in [7, 11) is 0. The molecule has 0 aromatic carbocycles. The average Bonchev–Trinajstić information content (AvgIpc) is 2.75. The van der Waals surface area contributed by atoms with Crippen molar-refractivity contribution in [3.8, 4) is 0 Å². The van der Waals surface area contributed by atoms with E-state index in [4.69, 9.17) is 0 Å². The SMILES string of the molecule is Cc1cnc(C(C)NC2CCCCC2C(C)(C)C)s1. The summed E-state index contributed by atoms with van der Waals surface area (Å²) in [5, 5.41) is 5.09. The summed E-state index contributed by atoms with van der Waals surface area (Å²) in [4.78, 5) is 5.83. The molecule has 0 bridgehead atoms. The molecule has 1 aromatic rings. The van der Waals surface area contributed by atoms with E-state index in [9.17, 15) is 0 Å². The van der Waals surface area contributed by atoms with Crippen LogP contribution in [0.5, 0.6) is 0 Å². The zero-order valence-electron chi connectivity index (χ0n) is 13.0. The van der Waals surface area contributed by atoms with Crippen LogP contribution < -0.4 is 5.32 Å². The summed E-state index contributed by atoms with van der Waals surface area (Å²) in [6.45, 7) is 11.5. The predicted molar refractivity (Wildman–Crippen MR) is 83.6 cm³/mol. The van der Waals surface area contributed by atoms with E-state index in [2.05, 4.69) is 44.9 Å². The number of rotatable bonds is 3. The maximum atomic E-state index is 4.52. The van der Waals surface area contributed by atoms with Gasteiger partial charge in [-0.05, 0) is 38.0 Å². The third-order valence-corrected chi connectivity index (χ3v) is 5.45. The molecular weight excluding hydrogens is 252 g/mol. The molecule has 0 amide bonds. The maximum Gasteiger partial charge on any atom is 0.109 e. The van der Waals surface area contributed by atoms with E-state index >= 15 is 0 Å². The lowest BCUT2D eigenvalue weighted by molar-refractivity contribution is 0.124. The van der Waals surface area contributed by atoms with E-state index in [1.54, 1.807) is 0 Å². The van der Waals surface area contributed by atoms with Gasteiger partial charge in [-0.15, -0.1) is 11.3 Å². The van der Waals surface area contributed by atoms with Crippen LogP contribution in [0, 0.1) is 18.3 Å². The Kier molecular flexibility index (Phi) is 4.67. The third kappa shape index (κ3) is 3.79. The highest BCUT2D eigenvalue weighted by Gasteiger charge is 2.34. The summed E-state index contributed by atoms with van der Waals surface area (Å²) in [5.74, 6) is 0.782. The standard InChI is InChI=1S/C16H28N2S/c1-11-10-17-15(19-11)12(2)18-14-9-7-6-8-13(14)16(3,4)5/h10,12-14,18H,6-9H2,1-5H3. The number of aromatic nitrogens is 1. The molecule has 2 rings (SSSR count). The Hall–Kier alpha value is -0.410. The third-order valence-electron chi connectivity index (χ3n) is 4.35. The lowest BCUT2D eigenvalue weighted by Crippen LogP contribution is -2.45. The van der Waals surface area contributed by atoms with Crippen molar-refractivity contribution in [3.05, 3.63) is 16.1 Å². The van der Waals surface area contributed by atoms with Crippen LogP contribution in [-0.2, 0) is 0 Å². The molecule has 3 atom stereocenters. The van der Waals surface area contributed by atoms with Crippen molar-refractivity contribution in [2.24, 2.45) is 11.3 Å². The smallest absolute Gasteiger partial charge is 0.109 e. The first kappa shape index (κ1) is 15.0. The van der Waals surface area contributed by atoms with Crippen molar-refractivity contribution >= 4 is 11.3 Å². The molecular formula is C16H28N2S. The van der Waals surface area contributed by atoms with Crippen LogP contribution in [0.25, 0.3) is 0 Å². The second-order valence-electron chi connectivity index (χ2n) is 7.06. The second kappa shape index (κ2) is 5.92. The summed E-state index contributed by atoms with van der Waals surface area (Å²) >= 11 is 1.82. The molecule has 1 aliphatic rings. The van der Waals surface area contributed by atoms with E-state index in [0.29, 0.717) is 17.5 Å². The van der Waals surface area contributed by atoms with Crippen molar-refractivity contribution in [2.75, 3.05) is 0 Å².